The van der Waals surface area contributed by atoms with Gasteiger partial charge in [0.15, 0.2) is 11.5 Å². The third-order valence-corrected chi connectivity index (χ3v) is 8.42. The summed E-state index contributed by atoms with van der Waals surface area (Å²) in [6.07, 6.45) is 1.02. The summed E-state index contributed by atoms with van der Waals surface area (Å²) in [7, 11) is -3.88. The molecule has 0 atom stereocenters. The van der Waals surface area contributed by atoms with Crippen LogP contribution in [0.25, 0.3) is 0 Å². The normalized spacial score (nSPS) is 16.4. The summed E-state index contributed by atoms with van der Waals surface area (Å²) in [5, 5.41) is 0. The molecule has 5 rings (SSSR count). The van der Waals surface area contributed by atoms with Gasteiger partial charge in [0, 0.05) is 37.3 Å². The summed E-state index contributed by atoms with van der Waals surface area (Å²) in [6, 6.07) is 15.4. The summed E-state index contributed by atoms with van der Waals surface area (Å²) in [5.41, 5.74) is 1.49. The summed E-state index contributed by atoms with van der Waals surface area (Å²) in [6.45, 7) is 3.14. The minimum Gasteiger partial charge on any atom is -0.454 e. The number of fused-ring (bicyclic) bond motifs is 1. The molecule has 9 heteroatoms. The Balaban J connectivity index is 1.42. The van der Waals surface area contributed by atoms with Crippen molar-refractivity contribution in [3.8, 4) is 11.5 Å². The smallest absolute Gasteiger partial charge is 0.264 e. The first kappa shape index (κ1) is 23.6. The number of halogens is 2. The van der Waals surface area contributed by atoms with E-state index in [0.29, 0.717) is 43.1 Å². The molecule has 3 aromatic carbocycles. The number of aryl methyl sites for hydroxylation is 1. The van der Waals surface area contributed by atoms with Crippen LogP contribution in [0, 0.1) is 18.6 Å². The molecule has 2 aliphatic rings. The maximum Gasteiger partial charge on any atom is 0.264 e. The van der Waals surface area contributed by atoms with E-state index in [-0.39, 0.29) is 29.8 Å². The molecule has 3 aromatic rings. The van der Waals surface area contributed by atoms with Gasteiger partial charge in [0.1, 0.15) is 11.6 Å². The highest BCUT2D eigenvalue weighted by Crippen LogP contribution is 2.39. The second-order valence-electron chi connectivity index (χ2n) is 8.86. The fourth-order valence-electron chi connectivity index (χ4n) is 4.61. The van der Waals surface area contributed by atoms with Crippen LogP contribution in [0.1, 0.15) is 24.0 Å². The van der Waals surface area contributed by atoms with Gasteiger partial charge in [-0.2, -0.15) is 0 Å². The lowest BCUT2D eigenvalue weighted by Crippen LogP contribution is -2.47. The molecule has 0 aromatic heterocycles. The molecule has 0 amide bonds. The van der Waals surface area contributed by atoms with Gasteiger partial charge in [0.2, 0.25) is 6.79 Å². The maximum atomic E-state index is 14.1. The van der Waals surface area contributed by atoms with Crippen molar-refractivity contribution in [2.75, 3.05) is 24.2 Å². The Bertz CT molecular complexity index is 1300. The molecule has 0 radical (unpaired) electrons. The topological polar surface area (TPSA) is 59.1 Å². The lowest BCUT2D eigenvalue weighted by atomic mass is 10.0. The Morgan fingerprint density at radius 3 is 2.29 bits per heavy atom. The Hall–Kier alpha value is -3.17. The van der Waals surface area contributed by atoms with E-state index in [2.05, 4.69) is 0 Å². The van der Waals surface area contributed by atoms with Crippen molar-refractivity contribution in [3.63, 3.8) is 0 Å². The molecule has 6 nitrogen and oxygen atoms in total. The van der Waals surface area contributed by atoms with Crippen LogP contribution >= 0.6 is 0 Å². The van der Waals surface area contributed by atoms with E-state index in [4.69, 9.17) is 9.47 Å². The summed E-state index contributed by atoms with van der Waals surface area (Å²) in [5.74, 6) is -0.0747. The zero-order valence-corrected chi connectivity index (χ0v) is 20.1. The van der Waals surface area contributed by atoms with Crippen LogP contribution in [0.15, 0.2) is 65.6 Å². The zero-order valence-electron chi connectivity index (χ0n) is 19.3. The van der Waals surface area contributed by atoms with Crippen molar-refractivity contribution in [3.05, 3.63) is 83.4 Å². The SMILES string of the molecule is Cc1ccc(S(=O)(=O)N(c2ccc3c(c2)OCO3)C2CCN(Cc3c(F)cccc3F)CC2)cc1. The van der Waals surface area contributed by atoms with Crippen LogP contribution in [0.4, 0.5) is 14.5 Å². The highest BCUT2D eigenvalue weighted by Gasteiger charge is 2.35. The molecular formula is C26H26F2N2O4S. The van der Waals surface area contributed by atoms with Crippen molar-refractivity contribution >= 4 is 15.7 Å². The second kappa shape index (κ2) is 9.47. The van der Waals surface area contributed by atoms with Gasteiger partial charge >= 0.3 is 0 Å². The Kier molecular flexibility index (Phi) is 6.37. The molecule has 0 spiro atoms. The summed E-state index contributed by atoms with van der Waals surface area (Å²) >= 11 is 0. The minimum atomic E-state index is -3.88. The first-order chi connectivity index (χ1) is 16.8. The number of rotatable bonds is 6. The van der Waals surface area contributed by atoms with Gasteiger partial charge in [-0.3, -0.25) is 9.21 Å². The van der Waals surface area contributed by atoms with Crippen molar-refractivity contribution in [1.82, 2.24) is 4.90 Å². The highest BCUT2D eigenvalue weighted by atomic mass is 32.2. The number of anilines is 1. The highest BCUT2D eigenvalue weighted by molar-refractivity contribution is 7.92. The maximum absolute atomic E-state index is 14.1. The molecular weight excluding hydrogens is 474 g/mol. The van der Waals surface area contributed by atoms with E-state index >= 15 is 0 Å². The van der Waals surface area contributed by atoms with Crippen molar-refractivity contribution in [1.29, 1.82) is 0 Å². The van der Waals surface area contributed by atoms with Gasteiger partial charge in [-0.15, -0.1) is 0 Å². The molecule has 0 unspecified atom stereocenters. The molecule has 184 valence electrons. The number of benzene rings is 3. The van der Waals surface area contributed by atoms with Crippen molar-refractivity contribution in [2.24, 2.45) is 0 Å². The van der Waals surface area contributed by atoms with Crippen molar-refractivity contribution in [2.45, 2.75) is 37.2 Å². The van der Waals surface area contributed by atoms with E-state index in [9.17, 15) is 17.2 Å². The Morgan fingerprint density at radius 1 is 0.943 bits per heavy atom. The van der Waals surface area contributed by atoms with Gasteiger partial charge in [-0.1, -0.05) is 23.8 Å². The number of hydrogen-bond donors (Lipinski definition) is 0. The Morgan fingerprint density at radius 2 is 1.60 bits per heavy atom. The molecule has 0 saturated carbocycles. The average molecular weight is 501 g/mol. The van der Waals surface area contributed by atoms with Crippen LogP contribution in [-0.2, 0) is 16.6 Å². The number of likely N-dealkylation sites (tertiary alicyclic amines) is 1. The van der Waals surface area contributed by atoms with Gasteiger partial charge in [0.25, 0.3) is 10.0 Å². The largest absolute Gasteiger partial charge is 0.454 e. The fourth-order valence-corrected chi connectivity index (χ4v) is 6.31. The first-order valence-corrected chi connectivity index (χ1v) is 12.9. The number of hydrogen-bond acceptors (Lipinski definition) is 5. The fraction of sp³-hybridized carbons (Fsp3) is 0.308. The predicted octanol–water partition coefficient (Wildman–Crippen LogP) is 4.86. The molecule has 1 saturated heterocycles. The second-order valence-corrected chi connectivity index (χ2v) is 10.7. The van der Waals surface area contributed by atoms with Gasteiger partial charge in [0.05, 0.1) is 10.6 Å². The molecule has 0 bridgehead atoms. The molecule has 35 heavy (non-hydrogen) atoms. The zero-order chi connectivity index (χ0) is 24.6. The predicted molar refractivity (Wildman–Crippen MR) is 128 cm³/mol. The van der Waals surface area contributed by atoms with Gasteiger partial charge < -0.3 is 9.47 Å². The first-order valence-electron chi connectivity index (χ1n) is 11.5. The third-order valence-electron chi connectivity index (χ3n) is 6.52. The van der Waals surface area contributed by atoms with E-state index in [1.165, 1.54) is 22.5 Å². The molecule has 2 heterocycles. The van der Waals surface area contributed by atoms with Gasteiger partial charge in [-0.25, -0.2) is 17.2 Å². The molecule has 0 N–H and O–H groups in total. The van der Waals surface area contributed by atoms with E-state index in [1.54, 1.807) is 42.5 Å². The van der Waals surface area contributed by atoms with Crippen LogP contribution in [0.3, 0.4) is 0 Å². The lowest BCUT2D eigenvalue weighted by Gasteiger charge is -2.39. The average Bonchev–Trinajstić information content (AvgIpc) is 3.31. The van der Waals surface area contributed by atoms with Crippen LogP contribution in [-0.4, -0.2) is 39.2 Å². The summed E-state index contributed by atoms with van der Waals surface area (Å²) < 4.78 is 68.3. The van der Waals surface area contributed by atoms with Crippen LogP contribution in [0.2, 0.25) is 0 Å². The van der Waals surface area contributed by atoms with Gasteiger partial charge in [-0.05, 0) is 56.2 Å². The van der Waals surface area contributed by atoms with E-state index < -0.39 is 21.7 Å². The quantitative estimate of drug-likeness (QED) is 0.484. The monoisotopic (exact) mass is 500 g/mol. The standard InChI is InChI=1S/C26H26F2N2O4S/c1-18-5-8-21(9-6-18)35(31,32)30(20-7-10-25-26(15-20)34-17-33-25)19-11-13-29(14-12-19)16-22-23(27)3-2-4-24(22)28/h2-10,15,19H,11-14,16-17H2,1H3. The summed E-state index contributed by atoms with van der Waals surface area (Å²) in [4.78, 5) is 2.16. The number of ether oxygens (including phenoxy) is 2. The van der Waals surface area contributed by atoms with Crippen molar-refractivity contribution < 1.29 is 26.7 Å². The van der Waals surface area contributed by atoms with E-state index in [1.807, 2.05) is 11.8 Å². The number of nitrogens with zero attached hydrogens (tertiary/aromatic N) is 2. The lowest BCUT2D eigenvalue weighted by molar-refractivity contribution is 0.174. The third kappa shape index (κ3) is 4.70. The van der Waals surface area contributed by atoms with E-state index in [0.717, 1.165) is 5.56 Å². The molecule has 2 aliphatic heterocycles. The van der Waals surface area contributed by atoms with Crippen LogP contribution < -0.4 is 13.8 Å². The number of sulfonamides is 1. The number of piperidine rings is 1. The Labute approximate surface area is 203 Å². The van der Waals surface area contributed by atoms with Crippen LogP contribution in [0.5, 0.6) is 11.5 Å². The minimum absolute atomic E-state index is 0.0332. The molecule has 0 aliphatic carbocycles. The molecule has 1 fully saturated rings.